The maximum atomic E-state index is 14.9. The highest BCUT2D eigenvalue weighted by molar-refractivity contribution is 5.94. The van der Waals surface area contributed by atoms with E-state index in [2.05, 4.69) is 0 Å². The average Bonchev–Trinajstić information content (AvgIpc) is 3.54. The first kappa shape index (κ1) is 18.9. The van der Waals surface area contributed by atoms with Crippen LogP contribution in [0.1, 0.15) is 29.2 Å². The minimum absolute atomic E-state index is 0.0561. The van der Waals surface area contributed by atoms with Crippen LogP contribution in [0.25, 0.3) is 10.9 Å². The van der Waals surface area contributed by atoms with Gasteiger partial charge in [0.2, 0.25) is 5.43 Å². The summed E-state index contributed by atoms with van der Waals surface area (Å²) in [5.41, 5.74) is 0.514. The van der Waals surface area contributed by atoms with Gasteiger partial charge in [-0.2, -0.15) is 0 Å². The van der Waals surface area contributed by atoms with Crippen molar-refractivity contribution < 1.29 is 23.4 Å². The molecule has 2 aromatic rings. The van der Waals surface area contributed by atoms with Gasteiger partial charge in [-0.1, -0.05) is 0 Å². The maximum absolute atomic E-state index is 14.9. The lowest BCUT2D eigenvalue weighted by molar-refractivity contribution is 0.0386. The molecule has 2 fully saturated rings. The van der Waals surface area contributed by atoms with Crippen molar-refractivity contribution in [3.8, 4) is 0 Å². The number of morpholine rings is 1. The van der Waals surface area contributed by atoms with Crippen LogP contribution in [0.15, 0.2) is 23.1 Å². The molecule has 7 nitrogen and oxygen atoms in total. The fraction of sp³-hybridized carbons (Fsp3) is 0.500. The van der Waals surface area contributed by atoms with Gasteiger partial charge in [-0.15, -0.1) is 0 Å². The first-order valence-electron chi connectivity index (χ1n) is 9.47. The van der Waals surface area contributed by atoms with E-state index < -0.39 is 17.2 Å². The number of methoxy groups -OCH3 is 1. The normalized spacial score (nSPS) is 17.1. The summed E-state index contributed by atoms with van der Waals surface area (Å²) in [6, 6.07) is 3.17. The highest BCUT2D eigenvalue weighted by Gasteiger charge is 2.28. The number of rotatable bonds is 6. The SMILES string of the molecule is COCCOC(=O)c1cn(C2CC2)c2cc(N3CCOCC3)c(F)cc2c1=O. The molecular weight excluding hydrogens is 367 g/mol. The predicted octanol–water partition coefficient (Wildman–Crippen LogP) is 2.12. The Morgan fingerprint density at radius 1 is 1.25 bits per heavy atom. The molecule has 0 N–H and O–H groups in total. The first-order chi connectivity index (χ1) is 13.6. The van der Waals surface area contributed by atoms with Gasteiger partial charge in [0.15, 0.2) is 0 Å². The number of pyridine rings is 1. The number of carbonyl (C=O) groups is 1. The Labute approximate surface area is 161 Å². The fourth-order valence-electron chi connectivity index (χ4n) is 3.50. The molecule has 0 amide bonds. The maximum Gasteiger partial charge on any atom is 0.343 e. The summed E-state index contributed by atoms with van der Waals surface area (Å²) in [7, 11) is 1.50. The zero-order valence-corrected chi connectivity index (χ0v) is 15.8. The van der Waals surface area contributed by atoms with Crippen molar-refractivity contribution in [1.82, 2.24) is 4.57 Å². The van der Waals surface area contributed by atoms with Crippen LogP contribution >= 0.6 is 0 Å². The van der Waals surface area contributed by atoms with Gasteiger partial charge in [0.25, 0.3) is 0 Å². The Hall–Kier alpha value is -2.45. The van der Waals surface area contributed by atoms with Crippen LogP contribution in [-0.4, -0.2) is 57.2 Å². The zero-order valence-electron chi connectivity index (χ0n) is 15.8. The molecule has 150 valence electrons. The second kappa shape index (κ2) is 7.89. The molecule has 4 rings (SSSR count). The number of aromatic nitrogens is 1. The van der Waals surface area contributed by atoms with E-state index in [0.29, 0.717) is 37.5 Å². The number of fused-ring (bicyclic) bond motifs is 1. The number of hydrogen-bond donors (Lipinski definition) is 0. The van der Waals surface area contributed by atoms with Crippen molar-refractivity contribution in [2.45, 2.75) is 18.9 Å². The van der Waals surface area contributed by atoms with Crippen LogP contribution < -0.4 is 10.3 Å². The summed E-state index contributed by atoms with van der Waals surface area (Å²) in [6.45, 7) is 2.58. The van der Waals surface area contributed by atoms with E-state index in [1.54, 1.807) is 12.3 Å². The standard InChI is InChI=1S/C20H23FN2O5/c1-26-8-9-28-20(25)15-12-23(13-2-3-13)17-11-18(22-4-6-27-7-5-22)16(21)10-14(17)19(15)24/h10-13H,2-9H2,1H3. The number of benzene rings is 1. The van der Waals surface area contributed by atoms with Crippen LogP contribution in [0, 0.1) is 5.82 Å². The summed E-state index contributed by atoms with van der Waals surface area (Å²) in [5.74, 6) is -1.19. The number of nitrogens with zero attached hydrogens (tertiary/aromatic N) is 2. The third-order valence-electron chi connectivity index (χ3n) is 5.13. The zero-order chi connectivity index (χ0) is 19.7. The molecule has 1 saturated carbocycles. The van der Waals surface area contributed by atoms with E-state index in [0.717, 1.165) is 12.8 Å². The second-order valence-corrected chi connectivity index (χ2v) is 7.06. The highest BCUT2D eigenvalue weighted by atomic mass is 19.1. The monoisotopic (exact) mass is 390 g/mol. The van der Waals surface area contributed by atoms with E-state index in [4.69, 9.17) is 14.2 Å². The Bertz CT molecular complexity index is 948. The van der Waals surface area contributed by atoms with Crippen molar-refractivity contribution in [3.05, 3.63) is 39.9 Å². The lowest BCUT2D eigenvalue weighted by Crippen LogP contribution is -2.36. The van der Waals surface area contributed by atoms with Crippen LogP contribution in [0.4, 0.5) is 10.1 Å². The molecule has 0 bridgehead atoms. The van der Waals surface area contributed by atoms with Crippen LogP contribution in [0.2, 0.25) is 0 Å². The van der Waals surface area contributed by atoms with E-state index >= 15 is 0 Å². The topological polar surface area (TPSA) is 70.0 Å². The van der Waals surface area contributed by atoms with Gasteiger partial charge in [0.1, 0.15) is 18.0 Å². The minimum Gasteiger partial charge on any atom is -0.460 e. The first-order valence-corrected chi connectivity index (χ1v) is 9.47. The van der Waals surface area contributed by atoms with Crippen molar-refractivity contribution in [3.63, 3.8) is 0 Å². The molecule has 1 aromatic heterocycles. The Morgan fingerprint density at radius 2 is 2.00 bits per heavy atom. The summed E-state index contributed by atoms with van der Waals surface area (Å²) >= 11 is 0. The molecule has 28 heavy (non-hydrogen) atoms. The van der Waals surface area contributed by atoms with E-state index in [1.165, 1.54) is 13.2 Å². The average molecular weight is 390 g/mol. The van der Waals surface area contributed by atoms with Gasteiger partial charge in [0.05, 0.1) is 31.0 Å². The number of halogens is 1. The third kappa shape index (κ3) is 3.62. The molecule has 1 aliphatic heterocycles. The summed E-state index contributed by atoms with van der Waals surface area (Å²) in [4.78, 5) is 27.2. The van der Waals surface area contributed by atoms with Gasteiger partial charge in [-0.05, 0) is 25.0 Å². The largest absolute Gasteiger partial charge is 0.460 e. The minimum atomic E-state index is -0.712. The molecular formula is C20H23FN2O5. The van der Waals surface area contributed by atoms with Crippen LogP contribution in [0.3, 0.4) is 0 Å². The Morgan fingerprint density at radius 3 is 2.68 bits per heavy atom. The van der Waals surface area contributed by atoms with Crippen molar-refractivity contribution in [2.75, 3.05) is 51.5 Å². The van der Waals surface area contributed by atoms with E-state index in [-0.39, 0.29) is 30.2 Å². The highest BCUT2D eigenvalue weighted by Crippen LogP contribution is 2.38. The summed E-state index contributed by atoms with van der Waals surface area (Å²) in [5, 5.41) is 0.197. The lowest BCUT2D eigenvalue weighted by atomic mass is 10.1. The molecule has 0 atom stereocenters. The predicted molar refractivity (Wildman–Crippen MR) is 102 cm³/mol. The van der Waals surface area contributed by atoms with Gasteiger partial charge in [-0.25, -0.2) is 9.18 Å². The Balaban J connectivity index is 1.79. The number of carbonyl (C=O) groups excluding carboxylic acids is 1. The smallest absolute Gasteiger partial charge is 0.343 e. The van der Waals surface area contributed by atoms with Crippen molar-refractivity contribution in [2.24, 2.45) is 0 Å². The number of anilines is 1. The lowest BCUT2D eigenvalue weighted by Gasteiger charge is -2.29. The fourth-order valence-corrected chi connectivity index (χ4v) is 3.50. The van der Waals surface area contributed by atoms with Crippen molar-refractivity contribution in [1.29, 1.82) is 0 Å². The Kier molecular flexibility index (Phi) is 5.32. The molecule has 0 radical (unpaired) electrons. The second-order valence-electron chi connectivity index (χ2n) is 7.06. The number of hydrogen-bond acceptors (Lipinski definition) is 6. The summed E-state index contributed by atoms with van der Waals surface area (Å²) in [6.07, 6.45) is 3.47. The van der Waals surface area contributed by atoms with Gasteiger partial charge < -0.3 is 23.7 Å². The summed E-state index contributed by atoms with van der Waals surface area (Å²) < 4.78 is 32.1. The van der Waals surface area contributed by atoms with Crippen molar-refractivity contribution >= 4 is 22.6 Å². The molecule has 1 aliphatic carbocycles. The quantitative estimate of drug-likeness (QED) is 0.556. The molecule has 1 aromatic carbocycles. The molecule has 0 unspecified atom stereocenters. The number of ether oxygens (including phenoxy) is 3. The molecule has 2 heterocycles. The van der Waals surface area contributed by atoms with Gasteiger partial charge in [0, 0.05) is 37.8 Å². The van der Waals surface area contributed by atoms with E-state index in [9.17, 15) is 14.0 Å². The van der Waals surface area contributed by atoms with Gasteiger partial charge in [-0.3, -0.25) is 4.79 Å². The molecule has 8 heteroatoms. The third-order valence-corrected chi connectivity index (χ3v) is 5.13. The van der Waals surface area contributed by atoms with E-state index in [1.807, 2.05) is 9.47 Å². The molecule has 2 aliphatic rings. The molecule has 0 spiro atoms. The van der Waals surface area contributed by atoms with Gasteiger partial charge >= 0.3 is 5.97 Å². The number of esters is 1. The molecule has 1 saturated heterocycles. The van der Waals surface area contributed by atoms with Crippen LogP contribution in [0.5, 0.6) is 0 Å². The van der Waals surface area contributed by atoms with Crippen LogP contribution in [-0.2, 0) is 14.2 Å².